The molecule has 156 valence electrons. The average molecular weight is 411 g/mol. The lowest BCUT2D eigenvalue weighted by molar-refractivity contribution is -0.165. The first-order valence-electron chi connectivity index (χ1n) is 9.83. The molecule has 0 unspecified atom stereocenters. The van der Waals surface area contributed by atoms with Gasteiger partial charge < -0.3 is 24.8 Å². The molecule has 3 heterocycles. The third-order valence-electron chi connectivity index (χ3n) is 5.88. The van der Waals surface area contributed by atoms with Gasteiger partial charge in [-0.2, -0.15) is 11.3 Å². The molecular weight excluding hydrogens is 380 g/mol. The topological polar surface area (TPSA) is 99.5 Å². The van der Waals surface area contributed by atoms with Gasteiger partial charge in [0.1, 0.15) is 6.10 Å². The van der Waals surface area contributed by atoms with Gasteiger partial charge in [-0.25, -0.2) is 0 Å². The van der Waals surface area contributed by atoms with Crippen LogP contribution in [0, 0.1) is 11.8 Å². The summed E-state index contributed by atoms with van der Waals surface area (Å²) >= 11 is 1.47. The third-order valence-corrected chi connectivity index (χ3v) is 6.56. The number of aliphatic hydroxyl groups is 3. The molecule has 1 aromatic heterocycles. The fourth-order valence-corrected chi connectivity index (χ4v) is 4.44. The van der Waals surface area contributed by atoms with Gasteiger partial charge in [0.2, 0.25) is 0 Å². The summed E-state index contributed by atoms with van der Waals surface area (Å²) in [6.45, 7) is 5.86. The zero-order valence-corrected chi connectivity index (χ0v) is 17.3. The highest BCUT2D eigenvalue weighted by atomic mass is 32.1. The molecule has 3 N–H and O–H groups in total. The predicted molar refractivity (Wildman–Crippen MR) is 106 cm³/mol. The number of aliphatic hydroxyl groups excluding tert-OH is 3. The summed E-state index contributed by atoms with van der Waals surface area (Å²) in [4.78, 5) is 12.2. The molecule has 2 saturated heterocycles. The van der Waals surface area contributed by atoms with E-state index in [1.54, 1.807) is 24.4 Å². The third kappa shape index (κ3) is 5.09. The monoisotopic (exact) mass is 410 g/mol. The molecule has 0 bridgehead atoms. The quantitative estimate of drug-likeness (QED) is 0.345. The summed E-state index contributed by atoms with van der Waals surface area (Å²) in [5, 5.41) is 34.4. The van der Waals surface area contributed by atoms with Gasteiger partial charge in [-0.3, -0.25) is 4.79 Å². The average Bonchev–Trinajstić information content (AvgIpc) is 3.17. The van der Waals surface area contributed by atoms with Crippen molar-refractivity contribution in [3.63, 3.8) is 0 Å². The van der Waals surface area contributed by atoms with Crippen molar-refractivity contribution in [2.75, 3.05) is 6.61 Å². The van der Waals surface area contributed by atoms with Crippen molar-refractivity contribution in [2.24, 2.45) is 11.8 Å². The van der Waals surface area contributed by atoms with Crippen LogP contribution in [0.1, 0.15) is 44.0 Å². The second-order valence-electron chi connectivity index (χ2n) is 8.16. The van der Waals surface area contributed by atoms with E-state index in [0.29, 0.717) is 25.0 Å². The summed E-state index contributed by atoms with van der Waals surface area (Å²) in [5.74, 6) is -0.233. The number of hydrogen-bond donors (Lipinski definition) is 3. The number of carbonyl (C=O) groups excluding carboxylic acids is 1. The van der Waals surface area contributed by atoms with E-state index in [1.165, 1.54) is 11.3 Å². The maximum absolute atomic E-state index is 12.2. The van der Waals surface area contributed by atoms with Crippen molar-refractivity contribution in [3.8, 4) is 0 Å². The lowest BCUT2D eigenvalue weighted by Gasteiger charge is -2.38. The van der Waals surface area contributed by atoms with Gasteiger partial charge in [0.05, 0.1) is 37.1 Å². The molecule has 7 heteroatoms. The number of epoxide rings is 1. The van der Waals surface area contributed by atoms with Crippen LogP contribution in [0.15, 0.2) is 28.5 Å². The van der Waals surface area contributed by atoms with Crippen LogP contribution in [-0.2, 0) is 9.47 Å². The minimum atomic E-state index is -1.01. The number of ether oxygens (including phenoxy) is 2. The molecule has 6 nitrogen and oxygen atoms in total. The van der Waals surface area contributed by atoms with Gasteiger partial charge in [0.15, 0.2) is 5.78 Å². The first-order valence-corrected chi connectivity index (χ1v) is 10.8. The van der Waals surface area contributed by atoms with Crippen LogP contribution in [-0.4, -0.2) is 64.3 Å². The van der Waals surface area contributed by atoms with Crippen LogP contribution >= 0.6 is 11.3 Å². The summed E-state index contributed by atoms with van der Waals surface area (Å²) in [6, 6.07) is 1.78. The SMILES string of the molecule is C/C(=C\C(=O)c1ccsc1)C[C@@H]1OC[C@H](C[C@@H]2O[C@H]2[C@@H](C)[C@H](C)O)[C@@H](O)[C@H]1O. The highest BCUT2D eigenvalue weighted by Gasteiger charge is 2.48. The number of thiophene rings is 1. The van der Waals surface area contributed by atoms with E-state index in [0.717, 1.165) is 5.57 Å². The number of rotatable bonds is 8. The molecule has 0 amide bonds. The maximum Gasteiger partial charge on any atom is 0.186 e. The fourth-order valence-electron chi connectivity index (χ4n) is 3.80. The van der Waals surface area contributed by atoms with Crippen LogP contribution in [0.5, 0.6) is 0 Å². The van der Waals surface area contributed by atoms with Crippen LogP contribution in [0.2, 0.25) is 0 Å². The number of carbonyl (C=O) groups is 1. The Labute approximate surface area is 169 Å². The summed E-state index contributed by atoms with van der Waals surface area (Å²) in [6.07, 6.45) is -0.349. The first kappa shape index (κ1) is 21.6. The van der Waals surface area contributed by atoms with E-state index in [1.807, 2.05) is 19.2 Å². The summed E-state index contributed by atoms with van der Waals surface area (Å²) < 4.78 is 11.5. The molecule has 3 rings (SSSR count). The highest BCUT2D eigenvalue weighted by Crippen LogP contribution is 2.38. The number of hydrogen-bond acceptors (Lipinski definition) is 7. The number of ketones is 1. The van der Waals surface area contributed by atoms with Gasteiger partial charge in [0, 0.05) is 22.8 Å². The Morgan fingerprint density at radius 2 is 2.07 bits per heavy atom. The molecule has 0 aliphatic carbocycles. The summed E-state index contributed by atoms with van der Waals surface area (Å²) in [7, 11) is 0. The van der Waals surface area contributed by atoms with Crippen LogP contribution in [0.3, 0.4) is 0 Å². The molecular formula is C21H30O6S. The molecule has 1 aromatic rings. The van der Waals surface area contributed by atoms with E-state index in [2.05, 4.69) is 0 Å². The second kappa shape index (κ2) is 9.15. The Balaban J connectivity index is 1.50. The lowest BCUT2D eigenvalue weighted by Crippen LogP contribution is -2.50. The van der Waals surface area contributed by atoms with Gasteiger partial charge in [-0.05, 0) is 44.2 Å². The van der Waals surface area contributed by atoms with Crippen LogP contribution in [0.25, 0.3) is 0 Å². The van der Waals surface area contributed by atoms with E-state index in [4.69, 9.17) is 9.47 Å². The molecule has 0 saturated carbocycles. The standard InChI is InChI=1S/C21H30O6S/c1-11(6-16(23)14-4-5-28-10-14)7-17-20(25)19(24)15(9-26-17)8-18-21(27-18)12(2)13(3)22/h4-6,10,12-13,15,17-22,24-25H,7-9H2,1-3H3/b11-6+/t12-,13-,15-,17-,18-,19+,20-,21-/m0/s1. The Hall–Kier alpha value is -1.09. The van der Waals surface area contributed by atoms with Gasteiger partial charge >= 0.3 is 0 Å². The highest BCUT2D eigenvalue weighted by molar-refractivity contribution is 7.08. The minimum Gasteiger partial charge on any atom is -0.393 e. The zero-order chi connectivity index (χ0) is 20.4. The van der Waals surface area contributed by atoms with E-state index < -0.39 is 24.4 Å². The molecule has 28 heavy (non-hydrogen) atoms. The zero-order valence-electron chi connectivity index (χ0n) is 16.5. The van der Waals surface area contributed by atoms with Crippen molar-refractivity contribution >= 4 is 17.1 Å². The molecule has 0 aromatic carbocycles. The lowest BCUT2D eigenvalue weighted by atomic mass is 9.85. The molecule has 2 aliphatic rings. The molecule has 0 radical (unpaired) electrons. The van der Waals surface area contributed by atoms with Crippen molar-refractivity contribution in [3.05, 3.63) is 34.0 Å². The molecule has 2 aliphatic heterocycles. The second-order valence-corrected chi connectivity index (χ2v) is 8.94. The largest absolute Gasteiger partial charge is 0.393 e. The van der Waals surface area contributed by atoms with Gasteiger partial charge in [-0.1, -0.05) is 12.5 Å². The van der Waals surface area contributed by atoms with E-state index >= 15 is 0 Å². The Morgan fingerprint density at radius 1 is 1.32 bits per heavy atom. The van der Waals surface area contributed by atoms with E-state index in [-0.39, 0.29) is 29.8 Å². The predicted octanol–water partition coefficient (Wildman–Crippen LogP) is 2.18. The molecule has 8 atom stereocenters. The van der Waals surface area contributed by atoms with Crippen LogP contribution in [0.4, 0.5) is 0 Å². The molecule has 0 spiro atoms. The van der Waals surface area contributed by atoms with Crippen molar-refractivity contribution in [2.45, 2.75) is 70.2 Å². The van der Waals surface area contributed by atoms with Crippen molar-refractivity contribution in [1.29, 1.82) is 0 Å². The minimum absolute atomic E-state index is 0.00429. The fraction of sp³-hybridized carbons (Fsp3) is 0.667. The first-order chi connectivity index (χ1) is 13.3. The Morgan fingerprint density at radius 3 is 2.71 bits per heavy atom. The van der Waals surface area contributed by atoms with Crippen LogP contribution < -0.4 is 0 Å². The maximum atomic E-state index is 12.2. The molecule has 2 fully saturated rings. The Bertz CT molecular complexity index is 685. The van der Waals surface area contributed by atoms with Crippen molar-refractivity contribution < 1.29 is 29.6 Å². The van der Waals surface area contributed by atoms with Crippen molar-refractivity contribution in [1.82, 2.24) is 0 Å². The van der Waals surface area contributed by atoms with Gasteiger partial charge in [0.25, 0.3) is 0 Å². The van der Waals surface area contributed by atoms with E-state index in [9.17, 15) is 20.1 Å². The smallest absolute Gasteiger partial charge is 0.186 e. The van der Waals surface area contributed by atoms with Gasteiger partial charge in [-0.15, -0.1) is 0 Å². The summed E-state index contributed by atoms with van der Waals surface area (Å²) in [5.41, 5.74) is 1.46. The number of allylic oxidation sites excluding steroid dienone is 1. The Kier molecular flexibility index (Phi) is 7.07. The normalized spacial score (nSPS) is 35.4.